The maximum Gasteiger partial charge on any atom is 0.237 e. The fourth-order valence-electron chi connectivity index (χ4n) is 2.09. The highest BCUT2D eigenvalue weighted by atomic mass is 35.5. The van der Waals surface area contributed by atoms with Crippen LogP contribution in [0.5, 0.6) is 0 Å². The molecular weight excluding hydrogens is 331 g/mol. The molecule has 0 radical (unpaired) electrons. The lowest BCUT2D eigenvalue weighted by molar-refractivity contribution is -0.126. The van der Waals surface area contributed by atoms with Gasteiger partial charge in [-0.05, 0) is 46.2 Å². The molecule has 1 aromatic rings. The van der Waals surface area contributed by atoms with Gasteiger partial charge < -0.3 is 5.32 Å². The van der Waals surface area contributed by atoms with Gasteiger partial charge in [0.25, 0.3) is 0 Å². The maximum absolute atomic E-state index is 12.4. The number of alkyl halides is 2. The Morgan fingerprint density at radius 1 is 1.22 bits per heavy atom. The van der Waals surface area contributed by atoms with E-state index in [1.54, 1.807) is 0 Å². The minimum absolute atomic E-state index is 0.107. The van der Waals surface area contributed by atoms with Gasteiger partial charge in [-0.3, -0.25) is 9.69 Å². The van der Waals surface area contributed by atoms with Crippen LogP contribution in [0.1, 0.15) is 38.3 Å². The molecule has 1 rings (SSSR count). The Morgan fingerprint density at radius 3 is 2.17 bits per heavy atom. The van der Waals surface area contributed by atoms with Crippen LogP contribution < -0.4 is 5.32 Å². The molecule has 0 aromatic heterocycles. The van der Waals surface area contributed by atoms with E-state index in [4.69, 9.17) is 23.2 Å². The SMILES string of the molecule is CCCNC(=O)C(Cc1ccc(C)cc1)N(C)C(C)C.ClCCl. The van der Waals surface area contributed by atoms with E-state index in [1.807, 2.05) is 7.05 Å². The van der Waals surface area contributed by atoms with E-state index in [9.17, 15) is 4.79 Å². The molecule has 3 nitrogen and oxygen atoms in total. The minimum atomic E-state index is -0.107. The van der Waals surface area contributed by atoms with Crippen molar-refractivity contribution in [2.75, 3.05) is 18.9 Å². The second-order valence-corrected chi connectivity index (χ2v) is 6.66. The number of carbonyl (C=O) groups excluding carboxylic acids is 1. The number of likely N-dealkylation sites (N-methyl/N-ethyl adjacent to an activating group) is 1. The Kier molecular flexibility index (Phi) is 12.2. The molecule has 132 valence electrons. The molecule has 1 unspecified atom stereocenters. The Labute approximate surface area is 151 Å². The van der Waals surface area contributed by atoms with Crippen LogP contribution in [0.2, 0.25) is 0 Å². The number of nitrogens with one attached hydrogen (secondary N) is 1. The summed E-state index contributed by atoms with van der Waals surface area (Å²) in [7, 11) is 2.02. The highest BCUT2D eigenvalue weighted by molar-refractivity contribution is 6.40. The van der Waals surface area contributed by atoms with Crippen LogP contribution in [0.4, 0.5) is 0 Å². The third kappa shape index (κ3) is 9.19. The second kappa shape index (κ2) is 12.6. The maximum atomic E-state index is 12.4. The number of amides is 1. The van der Waals surface area contributed by atoms with Crippen molar-refractivity contribution in [1.82, 2.24) is 10.2 Å². The highest BCUT2D eigenvalue weighted by Crippen LogP contribution is 2.12. The number of halogens is 2. The summed E-state index contributed by atoms with van der Waals surface area (Å²) in [5.74, 6) is 0.128. The van der Waals surface area contributed by atoms with Crippen LogP contribution in [0.25, 0.3) is 0 Å². The molecule has 1 N–H and O–H groups in total. The van der Waals surface area contributed by atoms with Crippen molar-refractivity contribution in [3.05, 3.63) is 35.4 Å². The van der Waals surface area contributed by atoms with Crippen LogP contribution in [0.15, 0.2) is 24.3 Å². The molecule has 0 fully saturated rings. The zero-order valence-electron chi connectivity index (χ0n) is 14.9. The molecule has 0 spiro atoms. The number of hydrogen-bond acceptors (Lipinski definition) is 2. The Bertz CT molecular complexity index is 435. The van der Waals surface area contributed by atoms with E-state index in [2.05, 4.69) is 62.2 Å². The number of rotatable bonds is 7. The van der Waals surface area contributed by atoms with Gasteiger partial charge in [0.05, 0.1) is 11.4 Å². The Morgan fingerprint density at radius 2 is 1.74 bits per heavy atom. The van der Waals surface area contributed by atoms with E-state index >= 15 is 0 Å². The summed E-state index contributed by atoms with van der Waals surface area (Å²) in [6.07, 6.45) is 1.72. The van der Waals surface area contributed by atoms with Crippen LogP contribution in [0, 0.1) is 6.92 Å². The summed E-state index contributed by atoms with van der Waals surface area (Å²) in [6, 6.07) is 8.67. The van der Waals surface area contributed by atoms with Crippen LogP contribution in [-0.2, 0) is 11.2 Å². The van der Waals surface area contributed by atoms with E-state index < -0.39 is 0 Å². The van der Waals surface area contributed by atoms with Crippen molar-refractivity contribution in [3.8, 4) is 0 Å². The van der Waals surface area contributed by atoms with E-state index in [-0.39, 0.29) is 17.3 Å². The van der Waals surface area contributed by atoms with Crippen molar-refractivity contribution < 1.29 is 4.79 Å². The van der Waals surface area contributed by atoms with E-state index in [0.29, 0.717) is 6.04 Å². The summed E-state index contributed by atoms with van der Waals surface area (Å²) in [4.78, 5) is 14.5. The first-order valence-electron chi connectivity index (χ1n) is 8.04. The van der Waals surface area contributed by atoms with Crippen LogP contribution in [0.3, 0.4) is 0 Å². The molecule has 5 heteroatoms. The van der Waals surface area contributed by atoms with Gasteiger partial charge in [0.15, 0.2) is 0 Å². The van der Waals surface area contributed by atoms with Crippen molar-refractivity contribution in [1.29, 1.82) is 0 Å². The lowest BCUT2D eigenvalue weighted by Crippen LogP contribution is -2.49. The fourth-order valence-corrected chi connectivity index (χ4v) is 2.09. The second-order valence-electron chi connectivity index (χ2n) is 5.86. The number of benzene rings is 1. The number of nitrogens with zero attached hydrogens (tertiary/aromatic N) is 1. The summed E-state index contributed by atoms with van der Waals surface area (Å²) >= 11 is 9.53. The summed E-state index contributed by atoms with van der Waals surface area (Å²) < 4.78 is 0. The van der Waals surface area contributed by atoms with Crippen molar-refractivity contribution >= 4 is 29.1 Å². The molecule has 1 amide bonds. The van der Waals surface area contributed by atoms with Crippen LogP contribution >= 0.6 is 23.2 Å². The Balaban J connectivity index is 0.00000149. The van der Waals surface area contributed by atoms with Gasteiger partial charge in [0, 0.05) is 12.6 Å². The quantitative estimate of drug-likeness (QED) is 0.739. The number of aryl methyl sites for hydroxylation is 1. The van der Waals surface area contributed by atoms with Crippen molar-refractivity contribution in [2.24, 2.45) is 0 Å². The predicted molar refractivity (Wildman–Crippen MR) is 101 cm³/mol. The molecule has 0 saturated heterocycles. The van der Waals surface area contributed by atoms with Gasteiger partial charge >= 0.3 is 0 Å². The largest absolute Gasteiger partial charge is 0.355 e. The van der Waals surface area contributed by atoms with Gasteiger partial charge in [-0.1, -0.05) is 36.8 Å². The summed E-state index contributed by atoms with van der Waals surface area (Å²) in [5.41, 5.74) is 2.46. The zero-order chi connectivity index (χ0) is 17.8. The van der Waals surface area contributed by atoms with Gasteiger partial charge in [-0.2, -0.15) is 0 Å². The smallest absolute Gasteiger partial charge is 0.237 e. The predicted octanol–water partition coefficient (Wildman–Crippen LogP) is 4.19. The lowest BCUT2D eigenvalue weighted by atomic mass is 10.0. The third-order valence-electron chi connectivity index (χ3n) is 3.71. The van der Waals surface area contributed by atoms with Gasteiger partial charge in [-0.25, -0.2) is 0 Å². The number of hydrogen-bond donors (Lipinski definition) is 1. The first kappa shape index (κ1) is 22.2. The monoisotopic (exact) mass is 360 g/mol. The molecule has 0 bridgehead atoms. The van der Waals surface area contributed by atoms with Crippen molar-refractivity contribution in [2.45, 2.75) is 52.6 Å². The zero-order valence-corrected chi connectivity index (χ0v) is 16.4. The van der Waals surface area contributed by atoms with Gasteiger partial charge in [0.2, 0.25) is 5.91 Å². The molecule has 0 aliphatic heterocycles. The topological polar surface area (TPSA) is 32.3 Å². The average Bonchev–Trinajstić information content (AvgIpc) is 2.52. The average molecular weight is 361 g/mol. The standard InChI is InChI=1S/C17H28N2O.CH2Cl2/c1-6-11-18-17(20)16(19(5)13(2)3)12-15-9-7-14(4)8-10-15;2-1-3/h7-10,13,16H,6,11-12H2,1-5H3,(H,18,20);1H2. The first-order valence-corrected chi connectivity index (χ1v) is 9.11. The fraction of sp³-hybridized carbons (Fsp3) is 0.611. The molecule has 0 aliphatic rings. The minimum Gasteiger partial charge on any atom is -0.355 e. The molecule has 23 heavy (non-hydrogen) atoms. The van der Waals surface area contributed by atoms with Crippen LogP contribution in [-0.4, -0.2) is 41.8 Å². The molecule has 0 heterocycles. The Hall–Kier alpha value is -0.770. The normalized spacial score (nSPS) is 11.9. The summed E-state index contributed by atoms with van der Waals surface area (Å²) in [5, 5.41) is 3.21. The molecule has 1 atom stereocenters. The summed E-state index contributed by atoms with van der Waals surface area (Å²) in [6.45, 7) is 9.14. The highest BCUT2D eigenvalue weighted by Gasteiger charge is 2.24. The van der Waals surface area contributed by atoms with E-state index in [0.717, 1.165) is 19.4 Å². The lowest BCUT2D eigenvalue weighted by Gasteiger charge is -2.30. The van der Waals surface area contributed by atoms with E-state index in [1.165, 1.54) is 11.1 Å². The molecule has 0 saturated carbocycles. The first-order chi connectivity index (χ1) is 10.9. The van der Waals surface area contributed by atoms with Gasteiger partial charge in [0.1, 0.15) is 0 Å². The number of carbonyl (C=O) groups is 1. The third-order valence-corrected chi connectivity index (χ3v) is 3.71. The molecular formula is C18H30Cl2N2O. The molecule has 1 aromatic carbocycles. The molecule has 0 aliphatic carbocycles. The van der Waals surface area contributed by atoms with Crippen molar-refractivity contribution in [3.63, 3.8) is 0 Å². The van der Waals surface area contributed by atoms with Gasteiger partial charge in [-0.15, -0.1) is 23.2 Å².